The van der Waals surface area contributed by atoms with Crippen LogP contribution in [-0.4, -0.2) is 36.2 Å². The van der Waals surface area contributed by atoms with E-state index in [1.807, 2.05) is 13.8 Å². The summed E-state index contributed by atoms with van der Waals surface area (Å²) >= 11 is 0. The van der Waals surface area contributed by atoms with E-state index in [0.717, 1.165) is 0 Å². The summed E-state index contributed by atoms with van der Waals surface area (Å²) in [6.45, 7) is 4.58. The molecule has 90 valence electrons. The number of carbonyl (C=O) groups is 1. The van der Waals surface area contributed by atoms with E-state index < -0.39 is 6.10 Å². The van der Waals surface area contributed by atoms with Gasteiger partial charge in [0, 0.05) is 12.6 Å². The highest BCUT2D eigenvalue weighted by Gasteiger charge is 2.21. The van der Waals surface area contributed by atoms with Gasteiger partial charge in [-0.2, -0.15) is 0 Å². The highest BCUT2D eigenvalue weighted by molar-refractivity contribution is 5.85. The van der Waals surface area contributed by atoms with E-state index in [4.69, 9.17) is 0 Å². The topological polar surface area (TPSA) is 61.4 Å². The Kier molecular flexibility index (Phi) is 6.89. The molecule has 3 N–H and O–H groups in total. The summed E-state index contributed by atoms with van der Waals surface area (Å²) in [6.07, 6.45) is 1.92. The molecule has 4 nitrogen and oxygen atoms in total. The minimum absolute atomic E-state index is 0. The fourth-order valence-electron chi connectivity index (χ4n) is 1.04. The summed E-state index contributed by atoms with van der Waals surface area (Å²) in [7, 11) is 0. The molecule has 0 spiro atoms. The first-order valence-electron chi connectivity index (χ1n) is 5.27. The third-order valence-electron chi connectivity index (χ3n) is 2.41. The first-order valence-corrected chi connectivity index (χ1v) is 5.27. The Morgan fingerprint density at radius 3 is 2.53 bits per heavy atom. The molecule has 0 radical (unpaired) electrons. The zero-order valence-corrected chi connectivity index (χ0v) is 10.1. The first kappa shape index (κ1) is 14.7. The summed E-state index contributed by atoms with van der Waals surface area (Å²) in [6, 6.07) is 0.552. The Morgan fingerprint density at radius 2 is 2.07 bits per heavy atom. The Balaban J connectivity index is 0.00000196. The van der Waals surface area contributed by atoms with Crippen molar-refractivity contribution in [3.05, 3.63) is 0 Å². The average molecular weight is 237 g/mol. The Bertz CT molecular complexity index is 196. The molecule has 1 amide bonds. The van der Waals surface area contributed by atoms with Crippen molar-refractivity contribution in [3.8, 4) is 0 Å². The quantitative estimate of drug-likeness (QED) is 0.622. The smallest absolute Gasteiger partial charge is 0.234 e. The number of aliphatic hydroxyl groups excluding tert-OH is 1. The van der Waals surface area contributed by atoms with E-state index in [2.05, 4.69) is 10.6 Å². The van der Waals surface area contributed by atoms with Crippen LogP contribution in [0, 0.1) is 5.92 Å². The summed E-state index contributed by atoms with van der Waals surface area (Å²) in [4.78, 5) is 11.2. The van der Waals surface area contributed by atoms with Crippen LogP contribution in [0.4, 0.5) is 0 Å². The highest BCUT2D eigenvalue weighted by atomic mass is 35.5. The van der Waals surface area contributed by atoms with Gasteiger partial charge in [-0.05, 0) is 18.8 Å². The molecule has 0 heterocycles. The van der Waals surface area contributed by atoms with Gasteiger partial charge >= 0.3 is 0 Å². The molecule has 1 fully saturated rings. The Morgan fingerprint density at radius 1 is 1.47 bits per heavy atom. The van der Waals surface area contributed by atoms with Gasteiger partial charge in [0.1, 0.15) is 0 Å². The number of rotatable bonds is 6. The second kappa shape index (κ2) is 7.04. The van der Waals surface area contributed by atoms with Gasteiger partial charge in [0.25, 0.3) is 0 Å². The Labute approximate surface area is 97.2 Å². The molecule has 0 aromatic rings. The van der Waals surface area contributed by atoms with E-state index in [0.29, 0.717) is 19.1 Å². The van der Waals surface area contributed by atoms with E-state index in [-0.39, 0.29) is 24.2 Å². The van der Waals surface area contributed by atoms with Gasteiger partial charge < -0.3 is 15.7 Å². The molecule has 0 aliphatic heterocycles. The summed E-state index contributed by atoms with van der Waals surface area (Å²) < 4.78 is 0. The van der Waals surface area contributed by atoms with Crippen LogP contribution in [0.3, 0.4) is 0 Å². The van der Waals surface area contributed by atoms with Crippen molar-refractivity contribution in [3.63, 3.8) is 0 Å². The van der Waals surface area contributed by atoms with Crippen LogP contribution in [0.5, 0.6) is 0 Å². The standard InChI is InChI=1S/C10H20N2O2.ClH/c1-7(2)9(13)5-12-10(14)6-11-8-3-4-8;/h7-9,11,13H,3-6H2,1-2H3,(H,12,14);1H. The van der Waals surface area contributed by atoms with Crippen molar-refractivity contribution in [1.29, 1.82) is 0 Å². The van der Waals surface area contributed by atoms with Crippen LogP contribution in [0.25, 0.3) is 0 Å². The number of nitrogens with one attached hydrogen (secondary N) is 2. The lowest BCUT2D eigenvalue weighted by atomic mass is 10.1. The van der Waals surface area contributed by atoms with Crippen molar-refractivity contribution in [2.24, 2.45) is 5.92 Å². The van der Waals surface area contributed by atoms with Crippen molar-refractivity contribution >= 4 is 18.3 Å². The van der Waals surface area contributed by atoms with Crippen LogP contribution < -0.4 is 10.6 Å². The summed E-state index contributed by atoms with van der Waals surface area (Å²) in [5.74, 6) is 0.156. The number of aliphatic hydroxyl groups is 1. The molecule has 1 unspecified atom stereocenters. The zero-order chi connectivity index (χ0) is 10.6. The number of carbonyl (C=O) groups excluding carboxylic acids is 1. The van der Waals surface area contributed by atoms with E-state index >= 15 is 0 Å². The van der Waals surface area contributed by atoms with Crippen LogP contribution in [0.2, 0.25) is 0 Å². The Hall–Kier alpha value is -0.320. The summed E-state index contributed by atoms with van der Waals surface area (Å²) in [5.41, 5.74) is 0. The third kappa shape index (κ3) is 6.71. The molecule has 1 rings (SSSR count). The fourth-order valence-corrected chi connectivity index (χ4v) is 1.04. The normalized spacial score (nSPS) is 17.1. The molecule has 1 atom stereocenters. The largest absolute Gasteiger partial charge is 0.391 e. The SMILES string of the molecule is CC(C)C(O)CNC(=O)CNC1CC1.Cl. The summed E-state index contributed by atoms with van der Waals surface area (Å²) in [5, 5.41) is 15.2. The fraction of sp³-hybridized carbons (Fsp3) is 0.900. The zero-order valence-electron chi connectivity index (χ0n) is 9.32. The third-order valence-corrected chi connectivity index (χ3v) is 2.41. The van der Waals surface area contributed by atoms with E-state index in [1.54, 1.807) is 0 Å². The molecule has 15 heavy (non-hydrogen) atoms. The molecule has 1 aliphatic carbocycles. The maximum Gasteiger partial charge on any atom is 0.234 e. The second-order valence-electron chi connectivity index (χ2n) is 4.27. The maximum atomic E-state index is 11.2. The predicted octanol–water partition coefficient (Wildman–Crippen LogP) is 0.293. The van der Waals surface area contributed by atoms with Gasteiger partial charge in [-0.1, -0.05) is 13.8 Å². The minimum atomic E-state index is -0.445. The lowest BCUT2D eigenvalue weighted by Crippen LogP contribution is -2.40. The average Bonchev–Trinajstić information content (AvgIpc) is 2.94. The molecule has 5 heteroatoms. The van der Waals surface area contributed by atoms with Crippen molar-refractivity contribution in [1.82, 2.24) is 10.6 Å². The number of hydrogen-bond acceptors (Lipinski definition) is 3. The number of amides is 1. The van der Waals surface area contributed by atoms with Gasteiger partial charge in [0.2, 0.25) is 5.91 Å². The molecule has 0 aromatic carbocycles. The van der Waals surface area contributed by atoms with Gasteiger partial charge in [-0.15, -0.1) is 12.4 Å². The lowest BCUT2D eigenvalue weighted by molar-refractivity contribution is -0.120. The van der Waals surface area contributed by atoms with Crippen LogP contribution >= 0.6 is 12.4 Å². The van der Waals surface area contributed by atoms with Crippen LogP contribution in [0.15, 0.2) is 0 Å². The highest BCUT2D eigenvalue weighted by Crippen LogP contribution is 2.17. The molecule has 0 saturated heterocycles. The van der Waals surface area contributed by atoms with E-state index in [1.165, 1.54) is 12.8 Å². The van der Waals surface area contributed by atoms with Crippen LogP contribution in [-0.2, 0) is 4.79 Å². The maximum absolute atomic E-state index is 11.2. The number of hydrogen-bond donors (Lipinski definition) is 3. The minimum Gasteiger partial charge on any atom is -0.391 e. The number of halogens is 1. The molecular formula is C10H21ClN2O2. The molecule has 0 aromatic heterocycles. The second-order valence-corrected chi connectivity index (χ2v) is 4.27. The first-order chi connectivity index (χ1) is 6.59. The van der Waals surface area contributed by atoms with Gasteiger partial charge in [0.05, 0.1) is 12.6 Å². The van der Waals surface area contributed by atoms with Gasteiger partial charge in [0.15, 0.2) is 0 Å². The van der Waals surface area contributed by atoms with Crippen molar-refractivity contribution < 1.29 is 9.90 Å². The monoisotopic (exact) mass is 236 g/mol. The lowest BCUT2D eigenvalue weighted by Gasteiger charge is -2.15. The molecular weight excluding hydrogens is 216 g/mol. The van der Waals surface area contributed by atoms with Crippen LogP contribution in [0.1, 0.15) is 26.7 Å². The predicted molar refractivity (Wildman–Crippen MR) is 62.1 cm³/mol. The van der Waals surface area contributed by atoms with Gasteiger partial charge in [-0.3, -0.25) is 4.79 Å². The van der Waals surface area contributed by atoms with Gasteiger partial charge in [-0.25, -0.2) is 0 Å². The van der Waals surface area contributed by atoms with Crippen molar-refractivity contribution in [2.75, 3.05) is 13.1 Å². The molecule has 1 aliphatic rings. The van der Waals surface area contributed by atoms with Crippen molar-refractivity contribution in [2.45, 2.75) is 38.8 Å². The van der Waals surface area contributed by atoms with E-state index in [9.17, 15) is 9.90 Å². The molecule has 0 bridgehead atoms. The molecule has 1 saturated carbocycles.